The number of aromatic amines is 1. The van der Waals surface area contributed by atoms with Gasteiger partial charge in [-0.25, -0.2) is 8.42 Å². The minimum atomic E-state index is -3.46. The van der Waals surface area contributed by atoms with Crippen LogP contribution in [0.1, 0.15) is 18.2 Å². The Kier molecular flexibility index (Phi) is 4.25. The van der Waals surface area contributed by atoms with Crippen molar-refractivity contribution in [3.8, 4) is 0 Å². The van der Waals surface area contributed by atoms with Crippen molar-refractivity contribution in [2.24, 2.45) is 0 Å². The lowest BCUT2D eigenvalue weighted by molar-refractivity contribution is 0.384. The highest BCUT2D eigenvalue weighted by Gasteiger charge is 2.25. The maximum absolute atomic E-state index is 12.5. The van der Waals surface area contributed by atoms with E-state index in [1.165, 1.54) is 4.31 Å². The molecule has 2 aromatic rings. The van der Waals surface area contributed by atoms with Gasteiger partial charge < -0.3 is 0 Å². The molecule has 6 heteroatoms. The molecule has 0 aliphatic heterocycles. The number of aryl methyl sites for hydroxylation is 1. The molecule has 0 saturated carbocycles. The highest BCUT2D eigenvalue weighted by Crippen LogP contribution is 2.18. The monoisotopic (exact) mass is 293 g/mol. The first-order valence-corrected chi connectivity index (χ1v) is 7.88. The zero-order valence-corrected chi connectivity index (χ0v) is 12.7. The molecule has 0 radical (unpaired) electrons. The van der Waals surface area contributed by atoms with Crippen LogP contribution in [0.4, 0.5) is 0 Å². The Morgan fingerprint density at radius 2 is 1.90 bits per heavy atom. The molecular weight excluding hydrogens is 274 g/mol. The molecule has 0 unspecified atom stereocenters. The molecule has 108 valence electrons. The quantitative estimate of drug-likeness (QED) is 0.916. The van der Waals surface area contributed by atoms with Gasteiger partial charge >= 0.3 is 0 Å². The molecule has 2 rings (SSSR count). The minimum Gasteiger partial charge on any atom is -0.283 e. The summed E-state index contributed by atoms with van der Waals surface area (Å²) in [6, 6.07) is 8.60. The molecule has 0 amide bonds. The average molecular weight is 293 g/mol. The molecule has 0 spiro atoms. The van der Waals surface area contributed by atoms with Crippen molar-refractivity contribution in [3.05, 3.63) is 47.8 Å². The topological polar surface area (TPSA) is 66.1 Å². The highest BCUT2D eigenvalue weighted by molar-refractivity contribution is 7.89. The van der Waals surface area contributed by atoms with E-state index in [2.05, 4.69) is 10.2 Å². The van der Waals surface area contributed by atoms with E-state index in [1.54, 1.807) is 37.5 Å². The van der Waals surface area contributed by atoms with Gasteiger partial charge in [-0.05, 0) is 32.0 Å². The summed E-state index contributed by atoms with van der Waals surface area (Å²) in [5.74, 6) is 0. The summed E-state index contributed by atoms with van der Waals surface area (Å²) in [5.41, 5.74) is 1.96. The van der Waals surface area contributed by atoms with Crippen LogP contribution in [-0.2, 0) is 16.4 Å². The fraction of sp³-hybridized carbons (Fsp3) is 0.357. The number of nitrogens with zero attached hydrogens (tertiary/aromatic N) is 2. The largest absolute Gasteiger partial charge is 0.283 e. The van der Waals surface area contributed by atoms with Crippen molar-refractivity contribution >= 4 is 10.0 Å². The van der Waals surface area contributed by atoms with Gasteiger partial charge in [-0.1, -0.05) is 17.7 Å². The first-order valence-electron chi connectivity index (χ1n) is 6.44. The molecule has 0 saturated heterocycles. The molecule has 0 fully saturated rings. The number of benzene rings is 1. The Labute approximate surface area is 119 Å². The van der Waals surface area contributed by atoms with Crippen molar-refractivity contribution in [2.45, 2.75) is 31.2 Å². The van der Waals surface area contributed by atoms with Gasteiger partial charge in [0.2, 0.25) is 10.0 Å². The molecule has 1 heterocycles. The standard InChI is InChI=1S/C14H19N3O2S/c1-11-4-6-14(7-5-11)20(18,19)17(3)12(2)10-13-8-9-15-16-13/h4-9,12H,10H2,1-3H3,(H,15,16)/t12-/m0/s1. The second-order valence-corrected chi connectivity index (χ2v) is 6.97. The number of aromatic nitrogens is 2. The van der Waals surface area contributed by atoms with Crippen LogP contribution in [-0.4, -0.2) is 36.0 Å². The maximum atomic E-state index is 12.5. The number of sulfonamides is 1. The predicted molar refractivity (Wildman–Crippen MR) is 77.9 cm³/mol. The van der Waals surface area contributed by atoms with Crippen LogP contribution in [0.15, 0.2) is 41.4 Å². The van der Waals surface area contributed by atoms with Crippen LogP contribution >= 0.6 is 0 Å². The van der Waals surface area contributed by atoms with Gasteiger partial charge in [0, 0.05) is 31.4 Å². The third kappa shape index (κ3) is 3.08. The highest BCUT2D eigenvalue weighted by atomic mass is 32.2. The van der Waals surface area contributed by atoms with E-state index in [1.807, 2.05) is 19.9 Å². The molecule has 5 nitrogen and oxygen atoms in total. The average Bonchev–Trinajstić information content (AvgIpc) is 2.91. The van der Waals surface area contributed by atoms with Crippen LogP contribution < -0.4 is 0 Å². The van der Waals surface area contributed by atoms with Crippen molar-refractivity contribution in [1.29, 1.82) is 0 Å². The van der Waals surface area contributed by atoms with E-state index in [-0.39, 0.29) is 6.04 Å². The fourth-order valence-electron chi connectivity index (χ4n) is 1.96. The minimum absolute atomic E-state index is 0.151. The van der Waals surface area contributed by atoms with Crippen LogP contribution in [0.2, 0.25) is 0 Å². The molecule has 1 aromatic carbocycles. The Balaban J connectivity index is 2.18. The van der Waals surface area contributed by atoms with E-state index in [0.717, 1.165) is 11.3 Å². The summed E-state index contributed by atoms with van der Waals surface area (Å²) < 4.78 is 26.4. The maximum Gasteiger partial charge on any atom is 0.243 e. The van der Waals surface area contributed by atoms with E-state index < -0.39 is 10.0 Å². The van der Waals surface area contributed by atoms with Gasteiger partial charge in [0.05, 0.1) is 4.90 Å². The first kappa shape index (κ1) is 14.7. The lowest BCUT2D eigenvalue weighted by Gasteiger charge is -2.24. The summed E-state index contributed by atoms with van der Waals surface area (Å²) in [5, 5.41) is 6.72. The summed E-state index contributed by atoms with van der Waals surface area (Å²) in [4.78, 5) is 0.321. The second kappa shape index (κ2) is 5.76. The third-order valence-electron chi connectivity index (χ3n) is 3.39. The zero-order valence-electron chi connectivity index (χ0n) is 11.9. The molecule has 1 atom stereocenters. The lowest BCUT2D eigenvalue weighted by atomic mass is 10.2. The van der Waals surface area contributed by atoms with Crippen molar-refractivity contribution in [1.82, 2.24) is 14.5 Å². The van der Waals surface area contributed by atoms with Crippen molar-refractivity contribution in [3.63, 3.8) is 0 Å². The third-order valence-corrected chi connectivity index (χ3v) is 5.38. The Morgan fingerprint density at radius 1 is 1.25 bits per heavy atom. The molecule has 20 heavy (non-hydrogen) atoms. The van der Waals surface area contributed by atoms with Gasteiger partial charge in [-0.2, -0.15) is 9.40 Å². The van der Waals surface area contributed by atoms with E-state index in [9.17, 15) is 8.42 Å². The predicted octanol–water partition coefficient (Wildman–Crippen LogP) is 1.97. The zero-order chi connectivity index (χ0) is 14.8. The molecule has 0 aliphatic rings. The number of hydrogen-bond donors (Lipinski definition) is 1. The number of rotatable bonds is 5. The number of H-pyrrole nitrogens is 1. The van der Waals surface area contributed by atoms with Gasteiger partial charge in [-0.3, -0.25) is 5.10 Å². The summed E-state index contributed by atoms with van der Waals surface area (Å²) in [6.07, 6.45) is 2.26. The normalized spacial score (nSPS) is 13.6. The van der Waals surface area contributed by atoms with E-state index in [0.29, 0.717) is 11.3 Å². The number of likely N-dealkylation sites (N-methyl/N-ethyl adjacent to an activating group) is 1. The van der Waals surface area contributed by atoms with Crippen LogP contribution in [0.3, 0.4) is 0 Å². The van der Waals surface area contributed by atoms with Crippen LogP contribution in [0.5, 0.6) is 0 Å². The van der Waals surface area contributed by atoms with E-state index >= 15 is 0 Å². The van der Waals surface area contributed by atoms with Crippen molar-refractivity contribution < 1.29 is 8.42 Å². The summed E-state index contributed by atoms with van der Waals surface area (Å²) >= 11 is 0. The summed E-state index contributed by atoms with van der Waals surface area (Å²) in [7, 11) is -1.85. The van der Waals surface area contributed by atoms with Gasteiger partial charge in [0.25, 0.3) is 0 Å². The number of nitrogens with one attached hydrogen (secondary N) is 1. The molecule has 0 bridgehead atoms. The van der Waals surface area contributed by atoms with Gasteiger partial charge in [0.15, 0.2) is 0 Å². The summed E-state index contributed by atoms with van der Waals surface area (Å²) in [6.45, 7) is 3.81. The smallest absolute Gasteiger partial charge is 0.243 e. The Hall–Kier alpha value is -1.66. The van der Waals surface area contributed by atoms with Gasteiger partial charge in [-0.15, -0.1) is 0 Å². The Morgan fingerprint density at radius 3 is 2.45 bits per heavy atom. The lowest BCUT2D eigenvalue weighted by Crippen LogP contribution is -2.36. The molecule has 1 aromatic heterocycles. The van der Waals surface area contributed by atoms with Crippen LogP contribution in [0, 0.1) is 6.92 Å². The Bertz CT molecular complexity index is 648. The van der Waals surface area contributed by atoms with Crippen LogP contribution in [0.25, 0.3) is 0 Å². The second-order valence-electron chi connectivity index (χ2n) is 4.97. The number of hydrogen-bond acceptors (Lipinski definition) is 3. The van der Waals surface area contributed by atoms with Crippen molar-refractivity contribution in [2.75, 3.05) is 7.05 Å². The van der Waals surface area contributed by atoms with E-state index in [4.69, 9.17) is 0 Å². The molecule has 1 N–H and O–H groups in total. The SMILES string of the molecule is Cc1ccc(S(=O)(=O)N(C)[C@@H](C)Cc2ccn[nH]2)cc1. The molecular formula is C14H19N3O2S. The van der Waals surface area contributed by atoms with Gasteiger partial charge in [0.1, 0.15) is 0 Å². The first-order chi connectivity index (χ1) is 9.41. The molecule has 0 aliphatic carbocycles. The fourth-order valence-corrected chi connectivity index (χ4v) is 3.32.